The molecule has 7 heteroatoms. The number of carbonyl (C=O) groups excluding carboxylic acids is 1. The third-order valence-electron chi connectivity index (χ3n) is 3.49. The molecule has 1 aliphatic heterocycles. The molecule has 3 heterocycles. The number of carbonyl (C=O) groups is 1. The third kappa shape index (κ3) is 5.01. The van der Waals surface area contributed by atoms with Crippen LogP contribution in [-0.4, -0.2) is 35.1 Å². The smallest absolute Gasteiger partial charge is 0.226 e. The first kappa shape index (κ1) is 15.9. The molecule has 1 atom stereocenters. The van der Waals surface area contributed by atoms with Crippen LogP contribution in [0.3, 0.4) is 0 Å². The van der Waals surface area contributed by atoms with E-state index in [1.54, 1.807) is 12.4 Å². The molecule has 122 valence electrons. The summed E-state index contributed by atoms with van der Waals surface area (Å²) in [5.41, 5.74) is 0.768. The third-order valence-corrected chi connectivity index (χ3v) is 4.36. The molecular weight excluding hydrogens is 314 g/mol. The van der Waals surface area contributed by atoms with E-state index in [0.29, 0.717) is 18.9 Å². The number of ether oxygens (including phenoxy) is 2. The van der Waals surface area contributed by atoms with Crippen molar-refractivity contribution in [2.45, 2.75) is 32.0 Å². The van der Waals surface area contributed by atoms with Crippen LogP contribution in [0.2, 0.25) is 0 Å². The summed E-state index contributed by atoms with van der Waals surface area (Å²) in [6, 6.07) is 3.67. The topological polar surface area (TPSA) is 73.3 Å². The van der Waals surface area contributed by atoms with Gasteiger partial charge < -0.3 is 14.8 Å². The van der Waals surface area contributed by atoms with Crippen LogP contribution in [-0.2, 0) is 22.6 Å². The fourth-order valence-electron chi connectivity index (χ4n) is 2.33. The maximum atomic E-state index is 11.9. The summed E-state index contributed by atoms with van der Waals surface area (Å²) in [6.45, 7) is 1.76. The van der Waals surface area contributed by atoms with Crippen molar-refractivity contribution in [1.29, 1.82) is 0 Å². The second kappa shape index (κ2) is 8.03. The molecule has 1 saturated heterocycles. The summed E-state index contributed by atoms with van der Waals surface area (Å²) in [5.74, 6) is 0.684. The minimum absolute atomic E-state index is 0.0227. The fourth-order valence-corrected chi connectivity index (χ4v) is 3.04. The SMILES string of the molecule is O=C(Cc1csc(COc2cccnc2)n1)NCC1CCCO1. The van der Waals surface area contributed by atoms with Crippen LogP contribution >= 0.6 is 11.3 Å². The fraction of sp³-hybridized carbons (Fsp3) is 0.438. The van der Waals surface area contributed by atoms with Crippen LogP contribution < -0.4 is 10.1 Å². The van der Waals surface area contributed by atoms with Crippen LogP contribution in [0.1, 0.15) is 23.5 Å². The summed E-state index contributed by atoms with van der Waals surface area (Å²) in [4.78, 5) is 20.3. The van der Waals surface area contributed by atoms with E-state index >= 15 is 0 Å². The van der Waals surface area contributed by atoms with Gasteiger partial charge in [0.15, 0.2) is 0 Å². The molecule has 2 aromatic heterocycles. The summed E-state index contributed by atoms with van der Waals surface area (Å²) >= 11 is 1.49. The Morgan fingerprint density at radius 1 is 1.52 bits per heavy atom. The Hall–Kier alpha value is -1.99. The van der Waals surface area contributed by atoms with Crippen LogP contribution in [0.15, 0.2) is 29.9 Å². The average molecular weight is 333 g/mol. The molecule has 2 aromatic rings. The number of nitrogens with one attached hydrogen (secondary N) is 1. The Bertz CT molecular complexity index is 627. The normalized spacial score (nSPS) is 17.1. The highest BCUT2D eigenvalue weighted by atomic mass is 32.1. The van der Waals surface area contributed by atoms with Crippen molar-refractivity contribution >= 4 is 17.2 Å². The second-order valence-corrected chi connectivity index (χ2v) is 6.27. The first-order chi connectivity index (χ1) is 11.3. The minimum atomic E-state index is -0.0227. The van der Waals surface area contributed by atoms with Crippen LogP contribution in [0.4, 0.5) is 0 Å². The molecule has 23 heavy (non-hydrogen) atoms. The lowest BCUT2D eigenvalue weighted by atomic mass is 10.2. The van der Waals surface area contributed by atoms with Crippen molar-refractivity contribution in [2.75, 3.05) is 13.2 Å². The zero-order valence-electron chi connectivity index (χ0n) is 12.7. The summed E-state index contributed by atoms with van der Waals surface area (Å²) in [5, 5.41) is 5.64. The zero-order valence-corrected chi connectivity index (χ0v) is 13.6. The number of amides is 1. The molecular formula is C16H19N3O3S. The van der Waals surface area contributed by atoms with Crippen molar-refractivity contribution in [2.24, 2.45) is 0 Å². The molecule has 1 aliphatic rings. The van der Waals surface area contributed by atoms with Gasteiger partial charge in [0.2, 0.25) is 5.91 Å². The Kier molecular flexibility index (Phi) is 5.55. The van der Waals surface area contributed by atoms with Gasteiger partial charge >= 0.3 is 0 Å². The molecule has 1 fully saturated rings. The summed E-state index contributed by atoms with van der Waals surface area (Å²) in [6.07, 6.45) is 5.91. The van der Waals surface area contributed by atoms with Crippen LogP contribution in [0.25, 0.3) is 0 Å². The first-order valence-corrected chi connectivity index (χ1v) is 8.52. The van der Waals surface area contributed by atoms with Crippen molar-refractivity contribution in [1.82, 2.24) is 15.3 Å². The Balaban J connectivity index is 1.42. The summed E-state index contributed by atoms with van der Waals surface area (Å²) in [7, 11) is 0. The molecule has 1 amide bonds. The van der Waals surface area contributed by atoms with Gasteiger partial charge in [-0.15, -0.1) is 11.3 Å². The number of thiazole rings is 1. The number of rotatable bonds is 7. The predicted octanol–water partition coefficient (Wildman–Crippen LogP) is 1.95. The molecule has 1 unspecified atom stereocenters. The van der Waals surface area contributed by atoms with Crippen LogP contribution in [0, 0.1) is 0 Å². The van der Waals surface area contributed by atoms with Gasteiger partial charge in [-0.3, -0.25) is 9.78 Å². The Labute approximate surface area is 138 Å². The van der Waals surface area contributed by atoms with E-state index in [1.807, 2.05) is 17.5 Å². The quantitative estimate of drug-likeness (QED) is 0.838. The molecule has 0 radical (unpaired) electrons. The monoisotopic (exact) mass is 333 g/mol. The van der Waals surface area contributed by atoms with Crippen molar-refractivity contribution in [3.05, 3.63) is 40.6 Å². The van der Waals surface area contributed by atoms with E-state index < -0.39 is 0 Å². The Morgan fingerprint density at radius 3 is 3.26 bits per heavy atom. The van der Waals surface area contributed by atoms with E-state index in [2.05, 4.69) is 15.3 Å². The van der Waals surface area contributed by atoms with E-state index in [-0.39, 0.29) is 18.4 Å². The average Bonchev–Trinajstić information content (AvgIpc) is 3.24. The predicted molar refractivity (Wildman–Crippen MR) is 86.4 cm³/mol. The number of hydrogen-bond donors (Lipinski definition) is 1. The number of pyridine rings is 1. The van der Waals surface area contributed by atoms with E-state index in [0.717, 1.165) is 30.2 Å². The van der Waals surface area contributed by atoms with Crippen molar-refractivity contribution < 1.29 is 14.3 Å². The Morgan fingerprint density at radius 2 is 2.48 bits per heavy atom. The maximum absolute atomic E-state index is 11.9. The van der Waals surface area contributed by atoms with E-state index in [9.17, 15) is 4.79 Å². The highest BCUT2D eigenvalue weighted by Gasteiger charge is 2.16. The lowest BCUT2D eigenvalue weighted by Gasteiger charge is -2.09. The zero-order chi connectivity index (χ0) is 15.9. The van der Waals surface area contributed by atoms with Gasteiger partial charge in [-0.05, 0) is 25.0 Å². The molecule has 0 saturated carbocycles. The van der Waals surface area contributed by atoms with Crippen LogP contribution in [0.5, 0.6) is 5.75 Å². The van der Waals surface area contributed by atoms with Gasteiger partial charge in [0.05, 0.1) is 24.4 Å². The molecule has 1 N–H and O–H groups in total. The molecule has 0 spiro atoms. The highest BCUT2D eigenvalue weighted by Crippen LogP contribution is 2.15. The lowest BCUT2D eigenvalue weighted by Crippen LogP contribution is -2.32. The number of hydrogen-bond acceptors (Lipinski definition) is 6. The van der Waals surface area contributed by atoms with Gasteiger partial charge in [0, 0.05) is 24.7 Å². The standard InChI is InChI=1S/C16H19N3O3S/c20-15(18-9-14-4-2-6-21-14)7-12-11-23-16(19-12)10-22-13-3-1-5-17-8-13/h1,3,5,8,11,14H,2,4,6-7,9-10H2,(H,18,20). The molecule has 0 aliphatic carbocycles. The molecule has 0 bridgehead atoms. The van der Waals surface area contributed by atoms with Gasteiger partial charge in [-0.2, -0.15) is 0 Å². The van der Waals surface area contributed by atoms with Gasteiger partial charge in [0.25, 0.3) is 0 Å². The van der Waals surface area contributed by atoms with E-state index in [4.69, 9.17) is 9.47 Å². The lowest BCUT2D eigenvalue weighted by molar-refractivity contribution is -0.121. The van der Waals surface area contributed by atoms with Gasteiger partial charge in [-0.25, -0.2) is 4.98 Å². The maximum Gasteiger partial charge on any atom is 0.226 e. The molecule has 0 aromatic carbocycles. The molecule has 6 nitrogen and oxygen atoms in total. The van der Waals surface area contributed by atoms with Gasteiger partial charge in [0.1, 0.15) is 17.4 Å². The van der Waals surface area contributed by atoms with Gasteiger partial charge in [-0.1, -0.05) is 0 Å². The summed E-state index contributed by atoms with van der Waals surface area (Å²) < 4.78 is 11.1. The number of aromatic nitrogens is 2. The van der Waals surface area contributed by atoms with Crippen molar-refractivity contribution in [3.8, 4) is 5.75 Å². The molecule has 3 rings (SSSR count). The van der Waals surface area contributed by atoms with E-state index in [1.165, 1.54) is 11.3 Å². The highest BCUT2D eigenvalue weighted by molar-refractivity contribution is 7.09. The second-order valence-electron chi connectivity index (χ2n) is 5.33. The number of nitrogens with zero attached hydrogens (tertiary/aromatic N) is 2. The minimum Gasteiger partial charge on any atom is -0.485 e. The first-order valence-electron chi connectivity index (χ1n) is 7.64. The largest absolute Gasteiger partial charge is 0.485 e. The van der Waals surface area contributed by atoms with Crippen molar-refractivity contribution in [3.63, 3.8) is 0 Å².